The zero-order valence-electron chi connectivity index (χ0n) is 10.4. The van der Waals surface area contributed by atoms with E-state index in [1.165, 1.54) is 18.5 Å². The van der Waals surface area contributed by atoms with Crippen molar-refractivity contribution in [3.63, 3.8) is 0 Å². The van der Waals surface area contributed by atoms with Crippen LogP contribution in [-0.2, 0) is 0 Å². The highest BCUT2D eigenvalue weighted by atomic mass is 15.2. The van der Waals surface area contributed by atoms with Gasteiger partial charge >= 0.3 is 0 Å². The van der Waals surface area contributed by atoms with Crippen LogP contribution in [0.5, 0.6) is 0 Å². The van der Waals surface area contributed by atoms with Gasteiger partial charge in [0.15, 0.2) is 0 Å². The van der Waals surface area contributed by atoms with Crippen LogP contribution in [0.1, 0.15) is 25.5 Å². The SMILES string of the molecule is CNC1CCN(c2ccc(C)nc2)C(C)C1. The number of nitrogens with zero attached hydrogens (tertiary/aromatic N) is 2. The van der Waals surface area contributed by atoms with Gasteiger partial charge in [-0.3, -0.25) is 4.98 Å². The summed E-state index contributed by atoms with van der Waals surface area (Å²) in [6.07, 6.45) is 4.42. The Kier molecular flexibility index (Phi) is 3.44. The van der Waals surface area contributed by atoms with Crippen LogP contribution in [0.4, 0.5) is 5.69 Å². The molecule has 1 fully saturated rings. The van der Waals surface area contributed by atoms with E-state index < -0.39 is 0 Å². The van der Waals surface area contributed by atoms with Crippen LogP contribution in [0.25, 0.3) is 0 Å². The number of piperidine rings is 1. The first-order chi connectivity index (χ1) is 7.70. The van der Waals surface area contributed by atoms with Crippen LogP contribution >= 0.6 is 0 Å². The number of aromatic nitrogens is 1. The summed E-state index contributed by atoms with van der Waals surface area (Å²) >= 11 is 0. The minimum Gasteiger partial charge on any atom is -0.367 e. The summed E-state index contributed by atoms with van der Waals surface area (Å²) in [6, 6.07) is 5.53. The van der Waals surface area contributed by atoms with E-state index in [9.17, 15) is 0 Å². The van der Waals surface area contributed by atoms with Gasteiger partial charge in [-0.1, -0.05) is 0 Å². The lowest BCUT2D eigenvalue weighted by atomic mass is 9.98. The Morgan fingerprint density at radius 2 is 2.25 bits per heavy atom. The van der Waals surface area contributed by atoms with Crippen LogP contribution in [0.15, 0.2) is 18.3 Å². The van der Waals surface area contributed by atoms with Gasteiger partial charge in [0.2, 0.25) is 0 Å². The molecule has 1 N–H and O–H groups in total. The molecule has 0 radical (unpaired) electrons. The fourth-order valence-electron chi connectivity index (χ4n) is 2.45. The number of hydrogen-bond acceptors (Lipinski definition) is 3. The summed E-state index contributed by atoms with van der Waals surface area (Å²) in [4.78, 5) is 6.83. The molecule has 0 spiro atoms. The van der Waals surface area contributed by atoms with Crippen molar-refractivity contribution in [1.29, 1.82) is 0 Å². The predicted molar refractivity (Wildman–Crippen MR) is 67.9 cm³/mol. The summed E-state index contributed by atoms with van der Waals surface area (Å²) in [5, 5.41) is 3.37. The van der Waals surface area contributed by atoms with Gasteiger partial charge in [0.1, 0.15) is 0 Å². The standard InChI is InChI=1S/C13H21N3/c1-10-4-5-13(9-15-10)16-7-6-12(14-3)8-11(16)2/h4-5,9,11-12,14H,6-8H2,1-3H3. The molecule has 2 unspecified atom stereocenters. The number of hydrogen-bond donors (Lipinski definition) is 1. The summed E-state index contributed by atoms with van der Waals surface area (Å²) in [5.74, 6) is 0. The predicted octanol–water partition coefficient (Wildman–Crippen LogP) is 1.97. The molecule has 1 aromatic heterocycles. The van der Waals surface area contributed by atoms with E-state index in [0.29, 0.717) is 12.1 Å². The topological polar surface area (TPSA) is 28.2 Å². The first kappa shape index (κ1) is 11.4. The molecule has 3 nitrogen and oxygen atoms in total. The van der Waals surface area contributed by atoms with Crippen molar-refractivity contribution in [3.05, 3.63) is 24.0 Å². The molecule has 16 heavy (non-hydrogen) atoms. The second-order valence-corrected chi connectivity index (χ2v) is 4.71. The Bertz CT molecular complexity index is 334. The fraction of sp³-hybridized carbons (Fsp3) is 0.615. The van der Waals surface area contributed by atoms with Gasteiger partial charge in [0.05, 0.1) is 11.9 Å². The zero-order chi connectivity index (χ0) is 11.5. The molecule has 0 aromatic carbocycles. The van der Waals surface area contributed by atoms with Crippen molar-refractivity contribution in [1.82, 2.24) is 10.3 Å². The highest BCUT2D eigenvalue weighted by Crippen LogP contribution is 2.24. The summed E-state index contributed by atoms with van der Waals surface area (Å²) < 4.78 is 0. The van der Waals surface area contributed by atoms with Crippen molar-refractivity contribution in [2.75, 3.05) is 18.5 Å². The molecule has 1 aromatic rings. The van der Waals surface area contributed by atoms with Crippen molar-refractivity contribution in [2.45, 2.75) is 38.8 Å². The minimum atomic E-state index is 0.593. The van der Waals surface area contributed by atoms with E-state index in [0.717, 1.165) is 12.2 Å². The summed E-state index contributed by atoms with van der Waals surface area (Å²) in [6.45, 7) is 5.45. The monoisotopic (exact) mass is 219 g/mol. The van der Waals surface area contributed by atoms with Gasteiger partial charge in [-0.05, 0) is 45.9 Å². The Morgan fingerprint density at radius 3 is 2.81 bits per heavy atom. The molecular formula is C13H21N3. The molecule has 2 rings (SSSR count). The molecular weight excluding hydrogens is 198 g/mol. The first-order valence-corrected chi connectivity index (χ1v) is 6.07. The molecule has 2 atom stereocenters. The van der Waals surface area contributed by atoms with Crippen molar-refractivity contribution in [2.24, 2.45) is 0 Å². The van der Waals surface area contributed by atoms with E-state index in [1.807, 2.05) is 13.1 Å². The number of aryl methyl sites for hydroxylation is 1. The van der Waals surface area contributed by atoms with E-state index >= 15 is 0 Å². The second-order valence-electron chi connectivity index (χ2n) is 4.71. The molecule has 2 heterocycles. The molecule has 0 saturated carbocycles. The summed E-state index contributed by atoms with van der Waals surface area (Å²) in [7, 11) is 2.06. The Labute approximate surface area is 97.9 Å². The minimum absolute atomic E-state index is 0.593. The van der Waals surface area contributed by atoms with E-state index in [-0.39, 0.29) is 0 Å². The van der Waals surface area contributed by atoms with Crippen LogP contribution in [0.3, 0.4) is 0 Å². The molecule has 1 aliphatic rings. The largest absolute Gasteiger partial charge is 0.367 e. The Hall–Kier alpha value is -1.09. The Morgan fingerprint density at radius 1 is 1.44 bits per heavy atom. The normalized spacial score (nSPS) is 25.8. The molecule has 88 valence electrons. The lowest BCUT2D eigenvalue weighted by Crippen LogP contribution is -2.46. The maximum atomic E-state index is 4.37. The molecule has 1 aliphatic heterocycles. The summed E-state index contributed by atoms with van der Waals surface area (Å²) in [5.41, 5.74) is 2.34. The lowest BCUT2D eigenvalue weighted by Gasteiger charge is -2.39. The van der Waals surface area contributed by atoms with Crippen molar-refractivity contribution in [3.8, 4) is 0 Å². The third-order valence-electron chi connectivity index (χ3n) is 3.51. The van der Waals surface area contributed by atoms with Crippen molar-refractivity contribution >= 4 is 5.69 Å². The van der Waals surface area contributed by atoms with E-state index in [2.05, 4.69) is 41.3 Å². The maximum Gasteiger partial charge on any atom is 0.0555 e. The number of nitrogens with one attached hydrogen (secondary N) is 1. The van der Waals surface area contributed by atoms with Crippen LogP contribution in [0.2, 0.25) is 0 Å². The second kappa shape index (κ2) is 4.83. The van der Waals surface area contributed by atoms with Crippen LogP contribution < -0.4 is 10.2 Å². The van der Waals surface area contributed by atoms with E-state index in [1.54, 1.807) is 0 Å². The van der Waals surface area contributed by atoms with Gasteiger partial charge in [-0.15, -0.1) is 0 Å². The fourth-order valence-corrected chi connectivity index (χ4v) is 2.45. The number of pyridine rings is 1. The third kappa shape index (κ3) is 2.35. The van der Waals surface area contributed by atoms with Gasteiger partial charge in [0, 0.05) is 24.3 Å². The average Bonchev–Trinajstić information content (AvgIpc) is 2.30. The molecule has 3 heteroatoms. The number of anilines is 1. The number of rotatable bonds is 2. The van der Waals surface area contributed by atoms with Crippen LogP contribution in [0, 0.1) is 6.92 Å². The molecule has 0 amide bonds. The molecule has 0 bridgehead atoms. The van der Waals surface area contributed by atoms with Crippen molar-refractivity contribution < 1.29 is 0 Å². The smallest absolute Gasteiger partial charge is 0.0555 e. The van der Waals surface area contributed by atoms with Gasteiger partial charge < -0.3 is 10.2 Å². The van der Waals surface area contributed by atoms with Crippen LogP contribution in [-0.4, -0.2) is 30.7 Å². The zero-order valence-corrected chi connectivity index (χ0v) is 10.4. The first-order valence-electron chi connectivity index (χ1n) is 6.07. The Balaban J connectivity index is 2.08. The van der Waals surface area contributed by atoms with Gasteiger partial charge in [-0.25, -0.2) is 0 Å². The highest BCUT2D eigenvalue weighted by Gasteiger charge is 2.24. The average molecular weight is 219 g/mol. The van der Waals surface area contributed by atoms with E-state index in [4.69, 9.17) is 0 Å². The highest BCUT2D eigenvalue weighted by molar-refractivity contribution is 5.46. The lowest BCUT2D eigenvalue weighted by molar-refractivity contribution is 0.387. The van der Waals surface area contributed by atoms with Gasteiger partial charge in [0.25, 0.3) is 0 Å². The third-order valence-corrected chi connectivity index (χ3v) is 3.51. The van der Waals surface area contributed by atoms with Gasteiger partial charge in [-0.2, -0.15) is 0 Å². The quantitative estimate of drug-likeness (QED) is 0.824. The maximum absolute atomic E-state index is 4.37. The molecule has 1 saturated heterocycles. The molecule has 0 aliphatic carbocycles.